The lowest BCUT2D eigenvalue weighted by atomic mass is 9.91. The summed E-state index contributed by atoms with van der Waals surface area (Å²) in [6.45, 7) is 8.41. The number of hydrogen-bond acceptors (Lipinski definition) is 4. The topological polar surface area (TPSA) is 13.0 Å². The molecule has 0 saturated heterocycles. The zero-order valence-corrected chi connectivity index (χ0v) is 80.1. The number of benzene rings is 24. The molecule has 0 N–H and O–H groups in total. The number of hydrogen-bond donors (Lipinski definition) is 0. The van der Waals surface area contributed by atoms with E-state index in [1.807, 2.05) is 72.8 Å². The van der Waals surface area contributed by atoms with Crippen molar-refractivity contribution in [3.8, 4) is 89.0 Å². The first kappa shape index (κ1) is 91.8. The van der Waals surface area contributed by atoms with Gasteiger partial charge in [0.25, 0.3) is 0 Å². The fourth-order valence-electron chi connectivity index (χ4n) is 20.8. The summed E-state index contributed by atoms with van der Waals surface area (Å²) >= 11 is 0. The van der Waals surface area contributed by atoms with Crippen molar-refractivity contribution in [2.75, 3.05) is 19.6 Å². The number of nitrogens with zero attached hydrogens (tertiary/aromatic N) is 4. The van der Waals surface area contributed by atoms with Crippen molar-refractivity contribution < 1.29 is 35.1 Å². The third-order valence-electron chi connectivity index (χ3n) is 28.0. The van der Waals surface area contributed by atoms with Gasteiger partial charge in [0, 0.05) is 67.0 Å². The average Bonchev–Trinajstić information content (AvgIpc) is 0.719. The molecule has 0 radical (unpaired) electrons. The Morgan fingerprint density at radius 1 is 0.158 bits per heavy atom. The lowest BCUT2D eigenvalue weighted by molar-refractivity contribution is 0.628. The van der Waals surface area contributed by atoms with Gasteiger partial charge in [0.2, 0.25) is 0 Å². The first-order valence-electron chi connectivity index (χ1n) is 48.9. The van der Waals surface area contributed by atoms with Crippen molar-refractivity contribution in [3.05, 3.63) is 530 Å². The maximum Gasteiger partial charge on any atom is 0.123 e. The van der Waals surface area contributed by atoms with Crippen molar-refractivity contribution in [1.29, 1.82) is 0 Å². The zero-order chi connectivity index (χ0) is 99.5. The Morgan fingerprint density at radius 3 is 0.500 bits per heavy atom. The van der Waals surface area contributed by atoms with Crippen LogP contribution in [0.5, 0.6) is 0 Å². The van der Waals surface area contributed by atoms with E-state index in [2.05, 4.69) is 290 Å². The lowest BCUT2D eigenvalue weighted by Crippen LogP contribution is -2.12. The Morgan fingerprint density at radius 2 is 0.329 bits per heavy atom. The molecule has 146 heavy (non-hydrogen) atoms. The van der Waals surface area contributed by atoms with Crippen molar-refractivity contribution in [3.63, 3.8) is 0 Å². The first-order valence-corrected chi connectivity index (χ1v) is 48.9. The van der Waals surface area contributed by atoms with Gasteiger partial charge in [0.05, 0.1) is 22.7 Å². The predicted octanol–water partition coefficient (Wildman–Crippen LogP) is 39.2. The third kappa shape index (κ3) is 18.1. The molecule has 0 aliphatic carbocycles. The molecule has 0 aromatic heterocycles. The largest absolute Gasteiger partial charge is 0.310 e. The minimum absolute atomic E-state index is 0.346. The maximum absolute atomic E-state index is 15.0. The van der Waals surface area contributed by atoms with Crippen LogP contribution < -0.4 is 19.6 Å². The number of rotatable bonds is 22. The highest BCUT2D eigenvalue weighted by molar-refractivity contribution is 6.30. The highest BCUT2D eigenvalue weighted by Crippen LogP contribution is 2.54. The second-order valence-corrected chi connectivity index (χ2v) is 37.4. The molecule has 24 aromatic carbocycles. The molecule has 0 fully saturated rings. The number of anilines is 12. The number of aryl methyl sites for hydroxylation is 4. The predicted molar refractivity (Wildman–Crippen MR) is 590 cm³/mol. The molecule has 0 bridgehead atoms. The van der Waals surface area contributed by atoms with Gasteiger partial charge in [-0.1, -0.05) is 243 Å². The molecular formula is C134H92F8N4. The van der Waals surface area contributed by atoms with Gasteiger partial charge in [-0.2, -0.15) is 0 Å². The standard InChI is InChI=1S/C68H48F4N2.C66H44F4N2/c1-3-43-17-25-59(26-18-43)73(61-39-51(47-9-5-13-55(69)35-47)33-52(40-61)48-10-6-14-56(70)36-48)65-31-23-45-22-30-64-66(32-24-46-21-29-63(65)67(45)68(46)64)74(60-27-19-44(4-2)20-28-60)62-41-53(49-11-7-15-57(71)37-49)34-54(42-62)50-12-8-16-58(72)38-50;1-41-15-23-57(24-16-41)71(59-37-49(45-7-3-11-53(67)33-45)31-50(38-59)46-8-4-12-54(68)34-46)63-29-21-43-20-28-62-64(30-22-44-19-27-61(63)65(43)66(44)62)72(58-25-17-42(2)18-26-58)60-39-51(47-9-5-13-55(69)35-47)32-52(40-60)48-10-6-14-56(70)36-48/h5-42H,3-4H2,1-2H3;3-40H,1-2H3. The smallest absolute Gasteiger partial charge is 0.123 e. The SMILES string of the molecule is CCc1ccc(N(c2cc(-c3cccc(F)c3)cc(-c3cccc(F)c3)c2)c2ccc3ccc4c(N(c5ccc(CC)cc5)c5cc(-c6cccc(F)c6)cc(-c6cccc(F)c6)c5)ccc5ccc2c3c54)cc1.Cc1ccc(N(c2cc(-c3cccc(F)c3)cc(-c3cccc(F)c3)c2)c2ccc3ccc4c(N(c5ccc(C)cc5)c5cc(-c6cccc(F)c6)cc(-c6cccc(F)c6)c5)ccc5ccc2c3c54)cc1. The van der Waals surface area contributed by atoms with Crippen LogP contribution in [0.2, 0.25) is 0 Å². The molecule has 0 heterocycles. The van der Waals surface area contributed by atoms with E-state index in [0.717, 1.165) is 201 Å². The van der Waals surface area contributed by atoms with E-state index >= 15 is 0 Å². The highest BCUT2D eigenvalue weighted by atomic mass is 19.2. The Hall–Kier alpha value is -18.0. The van der Waals surface area contributed by atoms with Crippen LogP contribution in [-0.2, 0) is 12.8 Å². The molecule has 0 amide bonds. The fraction of sp³-hybridized carbons (Fsp3) is 0.0448. The molecule has 4 nitrogen and oxygen atoms in total. The molecule has 24 aromatic rings. The molecule has 0 aliphatic rings. The second-order valence-electron chi connectivity index (χ2n) is 37.4. The van der Waals surface area contributed by atoms with Crippen LogP contribution in [0.1, 0.15) is 36.1 Å². The van der Waals surface area contributed by atoms with Crippen LogP contribution >= 0.6 is 0 Å². The Bertz CT molecular complexity index is 8340. The van der Waals surface area contributed by atoms with Crippen molar-refractivity contribution in [2.45, 2.75) is 40.5 Å². The summed E-state index contributed by atoms with van der Waals surface area (Å²) in [6, 6.07) is 146. The molecule has 0 spiro atoms. The summed E-state index contributed by atoms with van der Waals surface area (Å²) in [4.78, 5) is 8.99. The van der Waals surface area contributed by atoms with Gasteiger partial charge >= 0.3 is 0 Å². The quantitative estimate of drug-likeness (QED) is 0.0495. The van der Waals surface area contributed by atoms with Gasteiger partial charge < -0.3 is 19.6 Å². The monoisotopic (exact) mass is 1910 g/mol. The summed E-state index contributed by atoms with van der Waals surface area (Å²) < 4.78 is 120. The fourth-order valence-corrected chi connectivity index (χ4v) is 20.8. The van der Waals surface area contributed by atoms with E-state index in [9.17, 15) is 35.1 Å². The molecule has 704 valence electrons. The molecule has 0 unspecified atom stereocenters. The van der Waals surface area contributed by atoms with Crippen molar-refractivity contribution in [1.82, 2.24) is 0 Å². The average molecular weight is 1910 g/mol. The van der Waals surface area contributed by atoms with Crippen molar-refractivity contribution in [2.24, 2.45) is 0 Å². The molecule has 0 atom stereocenters. The maximum atomic E-state index is 15.0. The molecule has 24 rings (SSSR count). The zero-order valence-electron chi connectivity index (χ0n) is 80.1. The third-order valence-corrected chi connectivity index (χ3v) is 28.0. The Labute approximate surface area is 841 Å². The van der Waals surface area contributed by atoms with E-state index < -0.39 is 0 Å². The van der Waals surface area contributed by atoms with Crippen LogP contribution in [0.25, 0.3) is 154 Å². The summed E-state index contributed by atoms with van der Waals surface area (Å²) in [5, 5.41) is 12.6. The van der Waals surface area contributed by atoms with E-state index in [1.165, 1.54) is 108 Å². The molecule has 0 aliphatic heterocycles. The molecular weight excluding hydrogens is 1820 g/mol. The van der Waals surface area contributed by atoms with E-state index in [0.29, 0.717) is 44.5 Å². The van der Waals surface area contributed by atoms with Gasteiger partial charge in [0.1, 0.15) is 46.5 Å². The van der Waals surface area contributed by atoms with Crippen LogP contribution in [-0.4, -0.2) is 0 Å². The summed E-state index contributed by atoms with van der Waals surface area (Å²) in [6.07, 6.45) is 1.75. The van der Waals surface area contributed by atoms with E-state index in [-0.39, 0.29) is 46.5 Å². The molecule has 12 heteroatoms. The summed E-state index contributed by atoms with van der Waals surface area (Å²) in [5.74, 6) is -2.78. The van der Waals surface area contributed by atoms with E-state index in [1.54, 1.807) is 48.5 Å². The van der Waals surface area contributed by atoms with Crippen LogP contribution in [0.3, 0.4) is 0 Å². The Balaban J connectivity index is 0.000000161. The lowest BCUT2D eigenvalue weighted by Gasteiger charge is -2.30. The van der Waals surface area contributed by atoms with Gasteiger partial charge in [-0.25, -0.2) is 35.1 Å². The highest BCUT2D eigenvalue weighted by Gasteiger charge is 2.29. The molecule has 0 saturated carbocycles. The normalized spacial score (nSPS) is 11.5. The Kier molecular flexibility index (Phi) is 24.4. The van der Waals surface area contributed by atoms with Crippen LogP contribution in [0, 0.1) is 60.4 Å². The van der Waals surface area contributed by atoms with Gasteiger partial charge in [-0.15, -0.1) is 0 Å². The number of halogens is 8. The van der Waals surface area contributed by atoms with Gasteiger partial charge in [-0.05, 0) is 413 Å². The van der Waals surface area contributed by atoms with Crippen molar-refractivity contribution >= 4 is 133 Å². The second kappa shape index (κ2) is 38.8. The van der Waals surface area contributed by atoms with Gasteiger partial charge in [0.15, 0.2) is 0 Å². The van der Waals surface area contributed by atoms with Crippen LogP contribution in [0.4, 0.5) is 103 Å². The minimum Gasteiger partial charge on any atom is -0.310 e. The van der Waals surface area contributed by atoms with E-state index in [4.69, 9.17) is 0 Å². The first-order chi connectivity index (χ1) is 71.3. The minimum atomic E-state index is -0.348. The summed E-state index contributed by atoms with van der Waals surface area (Å²) in [7, 11) is 0. The van der Waals surface area contributed by atoms with Crippen LogP contribution in [0.15, 0.2) is 461 Å². The summed E-state index contributed by atoms with van der Waals surface area (Å²) in [5.41, 5.74) is 27.1. The van der Waals surface area contributed by atoms with Gasteiger partial charge in [-0.3, -0.25) is 0 Å².